The van der Waals surface area contributed by atoms with Crippen LogP contribution in [0.5, 0.6) is 0 Å². The average Bonchev–Trinajstić information content (AvgIpc) is 3.11. The molecule has 2 fully saturated rings. The Morgan fingerprint density at radius 1 is 1.28 bits per heavy atom. The fourth-order valence-electron chi connectivity index (χ4n) is 2.75. The average molecular weight is 276 g/mol. The van der Waals surface area contributed by atoms with Crippen LogP contribution < -0.4 is 4.72 Å². The van der Waals surface area contributed by atoms with Crippen LogP contribution in [-0.2, 0) is 10.2 Å². The molecule has 106 valence electrons. The van der Waals surface area contributed by atoms with Gasteiger partial charge >= 0.3 is 0 Å². The number of piperidine rings is 1. The maximum Gasteiger partial charge on any atom is 0.280 e. The van der Waals surface area contributed by atoms with Crippen molar-refractivity contribution in [2.24, 2.45) is 5.92 Å². The molecule has 5 nitrogen and oxygen atoms in total. The van der Waals surface area contributed by atoms with Gasteiger partial charge in [0.25, 0.3) is 10.2 Å². The van der Waals surface area contributed by atoms with Gasteiger partial charge in [0.15, 0.2) is 0 Å². The van der Waals surface area contributed by atoms with Crippen LogP contribution in [0.4, 0.5) is 0 Å². The highest BCUT2D eigenvalue weighted by molar-refractivity contribution is 7.87. The van der Waals surface area contributed by atoms with E-state index in [1.807, 2.05) is 13.8 Å². The highest BCUT2D eigenvalue weighted by atomic mass is 32.2. The number of hydrogen-bond acceptors (Lipinski definition) is 3. The molecule has 1 unspecified atom stereocenters. The third-order valence-electron chi connectivity index (χ3n) is 4.08. The van der Waals surface area contributed by atoms with E-state index in [-0.39, 0.29) is 18.2 Å². The summed E-state index contributed by atoms with van der Waals surface area (Å²) in [6.45, 7) is 4.31. The van der Waals surface area contributed by atoms with Gasteiger partial charge in [0.1, 0.15) is 0 Å². The normalized spacial score (nSPS) is 27.4. The molecule has 1 heterocycles. The summed E-state index contributed by atoms with van der Waals surface area (Å²) in [6, 6.07) is -0.258. The van der Waals surface area contributed by atoms with E-state index < -0.39 is 10.2 Å². The van der Waals surface area contributed by atoms with Crippen LogP contribution in [0.15, 0.2) is 0 Å². The Balaban J connectivity index is 2.09. The van der Waals surface area contributed by atoms with Crippen molar-refractivity contribution in [2.75, 3.05) is 13.2 Å². The molecular weight excluding hydrogens is 252 g/mol. The first-order chi connectivity index (χ1) is 8.37. The first-order valence-corrected chi connectivity index (χ1v) is 8.22. The minimum absolute atomic E-state index is 0.0925. The number of nitrogens with one attached hydrogen (secondary N) is 1. The molecule has 18 heavy (non-hydrogen) atoms. The van der Waals surface area contributed by atoms with E-state index in [1.165, 1.54) is 4.31 Å². The van der Waals surface area contributed by atoms with Crippen molar-refractivity contribution in [3.63, 3.8) is 0 Å². The lowest BCUT2D eigenvalue weighted by Gasteiger charge is -2.36. The molecule has 0 amide bonds. The summed E-state index contributed by atoms with van der Waals surface area (Å²) < 4.78 is 29.1. The topological polar surface area (TPSA) is 69.6 Å². The second kappa shape index (κ2) is 5.07. The third-order valence-corrected chi connectivity index (χ3v) is 5.96. The molecule has 2 aliphatic rings. The molecule has 0 aromatic heterocycles. The van der Waals surface area contributed by atoms with Crippen molar-refractivity contribution < 1.29 is 13.5 Å². The first kappa shape index (κ1) is 14.2. The van der Waals surface area contributed by atoms with E-state index in [4.69, 9.17) is 0 Å². The van der Waals surface area contributed by atoms with E-state index in [0.717, 1.165) is 32.1 Å². The van der Waals surface area contributed by atoms with Crippen molar-refractivity contribution in [1.82, 2.24) is 9.03 Å². The summed E-state index contributed by atoms with van der Waals surface area (Å²) in [7, 11) is -3.48. The summed E-state index contributed by atoms with van der Waals surface area (Å²) in [4.78, 5) is 0. The van der Waals surface area contributed by atoms with Crippen LogP contribution in [0, 0.1) is 5.92 Å². The number of rotatable bonds is 5. The summed E-state index contributed by atoms with van der Waals surface area (Å²) in [5.74, 6) is 0.449. The Bertz CT molecular complexity index is 390. The van der Waals surface area contributed by atoms with Crippen molar-refractivity contribution in [1.29, 1.82) is 0 Å². The highest BCUT2D eigenvalue weighted by Crippen LogP contribution is 2.39. The van der Waals surface area contributed by atoms with Crippen LogP contribution >= 0.6 is 0 Å². The summed E-state index contributed by atoms with van der Waals surface area (Å²) in [5.41, 5.74) is -0.379. The standard InChI is InChI=1S/C12H24N2O3S/c1-12(2,10-6-7-10)13-18(16,17)14-8-4-3-5-11(14)9-15/h10-11,13,15H,3-9H2,1-2H3. The van der Waals surface area contributed by atoms with Crippen LogP contribution in [0.25, 0.3) is 0 Å². The molecule has 2 rings (SSSR count). The zero-order valence-electron chi connectivity index (χ0n) is 11.2. The smallest absolute Gasteiger partial charge is 0.280 e. The third kappa shape index (κ3) is 3.04. The van der Waals surface area contributed by atoms with Gasteiger partial charge in [-0.1, -0.05) is 6.42 Å². The minimum Gasteiger partial charge on any atom is -0.395 e. The Morgan fingerprint density at radius 2 is 1.94 bits per heavy atom. The van der Waals surface area contributed by atoms with Crippen molar-refractivity contribution in [3.05, 3.63) is 0 Å². The largest absolute Gasteiger partial charge is 0.395 e. The Labute approximate surface area is 110 Å². The van der Waals surface area contributed by atoms with Gasteiger partial charge in [-0.05, 0) is 45.4 Å². The van der Waals surface area contributed by atoms with E-state index in [2.05, 4.69) is 4.72 Å². The maximum absolute atomic E-state index is 12.4. The van der Waals surface area contributed by atoms with Gasteiger partial charge in [0, 0.05) is 18.1 Å². The van der Waals surface area contributed by atoms with Gasteiger partial charge in [-0.3, -0.25) is 0 Å². The monoisotopic (exact) mass is 276 g/mol. The van der Waals surface area contributed by atoms with Crippen LogP contribution in [0.1, 0.15) is 46.0 Å². The van der Waals surface area contributed by atoms with Gasteiger partial charge in [-0.15, -0.1) is 0 Å². The van der Waals surface area contributed by atoms with Crippen molar-refractivity contribution in [2.45, 2.75) is 57.5 Å². The molecule has 0 aromatic rings. The number of aliphatic hydroxyl groups is 1. The Hall–Kier alpha value is -0.170. The lowest BCUT2D eigenvalue weighted by atomic mass is 10.0. The van der Waals surface area contributed by atoms with Gasteiger partial charge in [-0.2, -0.15) is 17.4 Å². The fourth-order valence-corrected chi connectivity index (χ4v) is 4.64. The second-order valence-corrected chi connectivity index (χ2v) is 7.67. The highest BCUT2D eigenvalue weighted by Gasteiger charge is 2.43. The van der Waals surface area contributed by atoms with E-state index >= 15 is 0 Å². The van der Waals surface area contributed by atoms with Gasteiger partial charge in [0.05, 0.1) is 6.61 Å². The maximum atomic E-state index is 12.4. The summed E-state index contributed by atoms with van der Waals surface area (Å²) in [6.07, 6.45) is 4.81. The summed E-state index contributed by atoms with van der Waals surface area (Å²) in [5, 5.41) is 9.31. The van der Waals surface area contributed by atoms with Crippen molar-refractivity contribution >= 4 is 10.2 Å². The van der Waals surface area contributed by atoms with Gasteiger partial charge < -0.3 is 5.11 Å². The van der Waals surface area contributed by atoms with Crippen LogP contribution in [-0.4, -0.2) is 42.6 Å². The van der Waals surface area contributed by atoms with Gasteiger partial charge in [0.2, 0.25) is 0 Å². The molecule has 1 saturated carbocycles. The zero-order chi connectivity index (χ0) is 13.4. The molecule has 6 heteroatoms. The molecule has 1 saturated heterocycles. The molecule has 1 aliphatic carbocycles. The molecule has 1 atom stereocenters. The fraction of sp³-hybridized carbons (Fsp3) is 1.00. The number of nitrogens with zero attached hydrogens (tertiary/aromatic N) is 1. The molecule has 1 aliphatic heterocycles. The first-order valence-electron chi connectivity index (χ1n) is 6.78. The Morgan fingerprint density at radius 3 is 2.50 bits per heavy atom. The van der Waals surface area contributed by atoms with Crippen molar-refractivity contribution in [3.8, 4) is 0 Å². The van der Waals surface area contributed by atoms with Gasteiger partial charge in [-0.25, -0.2) is 0 Å². The summed E-state index contributed by atoms with van der Waals surface area (Å²) >= 11 is 0. The minimum atomic E-state index is -3.48. The van der Waals surface area contributed by atoms with E-state index in [9.17, 15) is 13.5 Å². The zero-order valence-corrected chi connectivity index (χ0v) is 12.0. The van der Waals surface area contributed by atoms with Crippen LogP contribution in [0.2, 0.25) is 0 Å². The molecule has 0 bridgehead atoms. The van der Waals surface area contributed by atoms with E-state index in [0.29, 0.717) is 12.5 Å². The SMILES string of the molecule is CC(C)(NS(=O)(=O)N1CCCCC1CO)C1CC1. The molecule has 0 radical (unpaired) electrons. The quantitative estimate of drug-likeness (QED) is 0.782. The molecular formula is C12H24N2O3S. The van der Waals surface area contributed by atoms with Crippen LogP contribution in [0.3, 0.4) is 0 Å². The lowest BCUT2D eigenvalue weighted by molar-refractivity contribution is 0.152. The number of aliphatic hydroxyl groups excluding tert-OH is 1. The predicted octanol–water partition coefficient (Wildman–Crippen LogP) is 0.856. The lowest BCUT2D eigenvalue weighted by Crippen LogP contribution is -2.56. The number of hydrogen-bond donors (Lipinski definition) is 2. The molecule has 0 spiro atoms. The molecule has 2 N–H and O–H groups in total. The molecule has 0 aromatic carbocycles. The Kier molecular flexibility index (Phi) is 4.02. The predicted molar refractivity (Wildman–Crippen MR) is 70.3 cm³/mol. The second-order valence-electron chi connectivity index (χ2n) is 6.05. The van der Waals surface area contributed by atoms with E-state index in [1.54, 1.807) is 0 Å².